The van der Waals surface area contributed by atoms with Crippen molar-refractivity contribution < 1.29 is 23.9 Å². The molecule has 0 bridgehead atoms. The maximum Gasteiger partial charge on any atom is 0.341 e. The van der Waals surface area contributed by atoms with Crippen molar-refractivity contribution >= 4 is 17.7 Å². The van der Waals surface area contributed by atoms with Crippen LogP contribution in [0.25, 0.3) is 11.3 Å². The van der Waals surface area contributed by atoms with Gasteiger partial charge in [-0.1, -0.05) is 60.7 Å². The summed E-state index contributed by atoms with van der Waals surface area (Å²) in [5, 5.41) is 0. The lowest BCUT2D eigenvalue weighted by atomic mass is 9.97. The number of methoxy groups -OCH3 is 2. The zero-order chi connectivity index (χ0) is 20.1. The second-order valence-corrected chi connectivity index (χ2v) is 5.82. The highest BCUT2D eigenvalue weighted by molar-refractivity contribution is 6.16. The van der Waals surface area contributed by atoms with Crippen molar-refractivity contribution in [3.63, 3.8) is 0 Å². The van der Waals surface area contributed by atoms with Crippen LogP contribution >= 0.6 is 0 Å². The van der Waals surface area contributed by atoms with Crippen LogP contribution in [0.2, 0.25) is 0 Å². The number of esters is 2. The lowest BCUT2D eigenvalue weighted by molar-refractivity contribution is 0.0553. The summed E-state index contributed by atoms with van der Waals surface area (Å²) in [4.78, 5) is 42.3. The molecule has 3 rings (SSSR count). The Bertz CT molecular complexity index is 1030. The van der Waals surface area contributed by atoms with Crippen molar-refractivity contribution in [3.05, 3.63) is 89.1 Å². The van der Waals surface area contributed by atoms with Gasteiger partial charge in [-0.05, 0) is 6.07 Å². The number of hydrogen-bond acceptors (Lipinski definition) is 6. The van der Waals surface area contributed by atoms with Gasteiger partial charge in [-0.15, -0.1) is 0 Å². The van der Waals surface area contributed by atoms with Gasteiger partial charge in [0.25, 0.3) is 0 Å². The summed E-state index contributed by atoms with van der Waals surface area (Å²) in [7, 11) is 2.37. The summed E-state index contributed by atoms with van der Waals surface area (Å²) in [6.07, 6.45) is 0. The fraction of sp³-hybridized carbons (Fsp3) is 0.0909. The lowest BCUT2D eigenvalue weighted by Gasteiger charge is -2.13. The molecule has 1 heterocycles. The normalized spacial score (nSPS) is 10.2. The van der Waals surface area contributed by atoms with Crippen LogP contribution in [0, 0.1) is 0 Å². The van der Waals surface area contributed by atoms with Crippen LogP contribution in [0.1, 0.15) is 36.8 Å². The first-order valence-electron chi connectivity index (χ1n) is 8.43. The number of aromatic nitrogens is 1. The van der Waals surface area contributed by atoms with E-state index < -0.39 is 17.7 Å². The number of nitrogens with zero attached hydrogens (tertiary/aromatic N) is 1. The molecular weight excluding hydrogens is 358 g/mol. The largest absolute Gasteiger partial charge is 0.465 e. The Hall–Kier alpha value is -3.80. The van der Waals surface area contributed by atoms with Crippen LogP contribution < -0.4 is 0 Å². The zero-order valence-electron chi connectivity index (χ0n) is 15.3. The summed E-state index contributed by atoms with van der Waals surface area (Å²) >= 11 is 0. The number of pyridine rings is 1. The molecule has 0 unspecified atom stereocenters. The Balaban J connectivity index is 2.32. The van der Waals surface area contributed by atoms with Gasteiger partial charge >= 0.3 is 11.9 Å². The molecule has 0 aliphatic carbocycles. The molecule has 3 aromatic rings. The van der Waals surface area contributed by atoms with Gasteiger partial charge in [0.1, 0.15) is 11.3 Å². The van der Waals surface area contributed by atoms with Gasteiger partial charge in [0.15, 0.2) is 0 Å². The van der Waals surface area contributed by atoms with Crippen LogP contribution in [0.3, 0.4) is 0 Å². The van der Waals surface area contributed by atoms with Gasteiger partial charge in [0, 0.05) is 11.1 Å². The van der Waals surface area contributed by atoms with E-state index in [1.54, 1.807) is 42.5 Å². The molecule has 0 saturated carbocycles. The van der Waals surface area contributed by atoms with Crippen LogP contribution in [0.15, 0.2) is 66.7 Å². The van der Waals surface area contributed by atoms with Gasteiger partial charge in [0.2, 0.25) is 5.78 Å². The zero-order valence-corrected chi connectivity index (χ0v) is 15.3. The standard InChI is InChI=1S/C22H17NO5/c1-27-21(25)16-13-17(14-9-5-3-6-10-14)23-19(18(16)22(26)28-2)20(24)15-11-7-4-8-12-15/h3-13H,1-2H3. The van der Waals surface area contributed by atoms with Gasteiger partial charge < -0.3 is 9.47 Å². The molecule has 2 aromatic carbocycles. The van der Waals surface area contributed by atoms with E-state index in [0.29, 0.717) is 16.8 Å². The van der Waals surface area contributed by atoms with Crippen molar-refractivity contribution in [2.45, 2.75) is 0 Å². The minimum Gasteiger partial charge on any atom is -0.465 e. The predicted octanol–water partition coefficient (Wildman–Crippen LogP) is 3.55. The summed E-state index contributed by atoms with van der Waals surface area (Å²) in [5.74, 6) is -2.10. The van der Waals surface area contributed by atoms with Gasteiger partial charge in [-0.25, -0.2) is 14.6 Å². The molecule has 0 atom stereocenters. The van der Waals surface area contributed by atoms with Crippen molar-refractivity contribution in [1.82, 2.24) is 4.98 Å². The second kappa shape index (κ2) is 8.26. The van der Waals surface area contributed by atoms with Crippen LogP contribution in [-0.2, 0) is 9.47 Å². The van der Waals surface area contributed by atoms with E-state index >= 15 is 0 Å². The molecule has 1 aromatic heterocycles. The van der Waals surface area contributed by atoms with E-state index in [0.717, 1.165) is 0 Å². The molecular formula is C22H17NO5. The average molecular weight is 375 g/mol. The number of hydrogen-bond donors (Lipinski definition) is 0. The fourth-order valence-electron chi connectivity index (χ4n) is 2.77. The van der Waals surface area contributed by atoms with Crippen molar-refractivity contribution in [1.29, 1.82) is 0 Å². The third kappa shape index (κ3) is 3.66. The Morgan fingerprint density at radius 2 is 1.36 bits per heavy atom. The fourth-order valence-corrected chi connectivity index (χ4v) is 2.77. The van der Waals surface area contributed by atoms with E-state index in [1.807, 2.05) is 18.2 Å². The summed E-state index contributed by atoms with van der Waals surface area (Å²) in [5.41, 5.74) is 0.922. The Morgan fingerprint density at radius 3 is 1.93 bits per heavy atom. The monoisotopic (exact) mass is 375 g/mol. The number of ketones is 1. The lowest BCUT2D eigenvalue weighted by Crippen LogP contribution is -2.20. The highest BCUT2D eigenvalue weighted by Crippen LogP contribution is 2.26. The molecule has 0 radical (unpaired) electrons. The van der Waals surface area contributed by atoms with E-state index in [9.17, 15) is 14.4 Å². The number of benzene rings is 2. The van der Waals surface area contributed by atoms with Crippen LogP contribution in [0.4, 0.5) is 0 Å². The first-order valence-corrected chi connectivity index (χ1v) is 8.43. The van der Waals surface area contributed by atoms with Gasteiger partial charge in [0.05, 0.1) is 25.5 Å². The second-order valence-electron chi connectivity index (χ2n) is 5.82. The molecule has 0 aliphatic rings. The van der Waals surface area contributed by atoms with Crippen molar-refractivity contribution in [3.8, 4) is 11.3 Å². The van der Waals surface area contributed by atoms with E-state index in [-0.39, 0.29) is 16.8 Å². The molecule has 0 fully saturated rings. The molecule has 0 amide bonds. The molecule has 0 aliphatic heterocycles. The number of carbonyl (C=O) groups excluding carboxylic acids is 3. The summed E-state index contributed by atoms with van der Waals surface area (Å²) in [6, 6.07) is 18.8. The molecule has 0 spiro atoms. The topological polar surface area (TPSA) is 82.6 Å². The smallest absolute Gasteiger partial charge is 0.341 e. The molecule has 6 heteroatoms. The Kier molecular flexibility index (Phi) is 5.60. The van der Waals surface area contributed by atoms with Crippen molar-refractivity contribution in [2.75, 3.05) is 14.2 Å². The third-order valence-corrected chi connectivity index (χ3v) is 4.13. The molecule has 6 nitrogen and oxygen atoms in total. The molecule has 140 valence electrons. The first-order chi connectivity index (χ1) is 13.6. The van der Waals surface area contributed by atoms with Crippen LogP contribution in [0.5, 0.6) is 0 Å². The maximum atomic E-state index is 13.1. The highest BCUT2D eigenvalue weighted by atomic mass is 16.5. The van der Waals surface area contributed by atoms with E-state index in [4.69, 9.17) is 9.47 Å². The minimum absolute atomic E-state index is 0.0810. The number of ether oxygens (including phenoxy) is 2. The predicted molar refractivity (Wildman–Crippen MR) is 102 cm³/mol. The van der Waals surface area contributed by atoms with Crippen LogP contribution in [-0.4, -0.2) is 36.9 Å². The Labute approximate surface area is 161 Å². The minimum atomic E-state index is -0.841. The number of rotatable bonds is 5. The third-order valence-electron chi connectivity index (χ3n) is 4.13. The first kappa shape index (κ1) is 19.0. The van der Waals surface area contributed by atoms with Gasteiger partial charge in [-0.2, -0.15) is 0 Å². The van der Waals surface area contributed by atoms with E-state index in [2.05, 4.69) is 4.98 Å². The van der Waals surface area contributed by atoms with E-state index in [1.165, 1.54) is 20.3 Å². The SMILES string of the molecule is COC(=O)c1cc(-c2ccccc2)nc(C(=O)c2ccccc2)c1C(=O)OC. The highest BCUT2D eigenvalue weighted by Gasteiger charge is 2.29. The van der Waals surface area contributed by atoms with Gasteiger partial charge in [-0.3, -0.25) is 4.79 Å². The summed E-state index contributed by atoms with van der Waals surface area (Å²) in [6.45, 7) is 0. The maximum absolute atomic E-state index is 13.1. The molecule has 0 N–H and O–H groups in total. The number of carbonyl (C=O) groups is 3. The average Bonchev–Trinajstić information content (AvgIpc) is 2.77. The summed E-state index contributed by atoms with van der Waals surface area (Å²) < 4.78 is 9.62. The molecule has 0 saturated heterocycles. The quantitative estimate of drug-likeness (QED) is 0.501. The Morgan fingerprint density at radius 1 is 0.786 bits per heavy atom. The molecule has 28 heavy (non-hydrogen) atoms. The van der Waals surface area contributed by atoms with Crippen molar-refractivity contribution in [2.24, 2.45) is 0 Å².